The van der Waals surface area contributed by atoms with E-state index < -0.39 is 10.0 Å². The third-order valence-electron chi connectivity index (χ3n) is 5.10. The molecule has 0 unspecified atom stereocenters. The monoisotopic (exact) mass is 319 g/mol. The van der Waals surface area contributed by atoms with Crippen molar-refractivity contribution in [1.29, 1.82) is 0 Å². The Kier molecular flexibility index (Phi) is 4.69. The Balaban J connectivity index is 1.80. The molecule has 3 nitrogen and oxygen atoms in total. The van der Waals surface area contributed by atoms with E-state index in [2.05, 4.69) is 17.7 Å². The molecule has 0 saturated heterocycles. The summed E-state index contributed by atoms with van der Waals surface area (Å²) in [5, 5.41) is 0. The molecule has 0 aromatic heterocycles. The average molecular weight is 319 g/mol. The molecule has 2 aliphatic rings. The first kappa shape index (κ1) is 15.8. The molecule has 1 aromatic carbocycles. The van der Waals surface area contributed by atoms with Crippen LogP contribution in [-0.4, -0.2) is 14.5 Å². The third kappa shape index (κ3) is 3.28. The van der Waals surface area contributed by atoms with Crippen molar-refractivity contribution in [1.82, 2.24) is 4.72 Å². The largest absolute Gasteiger partial charge is 0.236 e. The normalized spacial score (nSPS) is 25.4. The Bertz CT molecular complexity index is 663. The van der Waals surface area contributed by atoms with Crippen LogP contribution in [0.5, 0.6) is 0 Å². The summed E-state index contributed by atoms with van der Waals surface area (Å²) in [7, 11) is -3.36. The Hall–Kier alpha value is -1.13. The van der Waals surface area contributed by atoms with Crippen molar-refractivity contribution in [2.75, 3.05) is 0 Å². The van der Waals surface area contributed by atoms with Gasteiger partial charge in [-0.2, -0.15) is 0 Å². The highest BCUT2D eigenvalue weighted by molar-refractivity contribution is 7.93. The van der Waals surface area contributed by atoms with Crippen molar-refractivity contribution in [3.63, 3.8) is 0 Å². The lowest BCUT2D eigenvalue weighted by molar-refractivity contribution is 0.282. The standard InChI is InChI=1S/C18H25NO2S/c1-2-14-7-5-6-10-18(14)19-22(20,21)17-12-11-15-8-3-4-9-16(15)13-17/h3-4,8-9,13-14,18-19H,2,5-7,10-12H2,1H3/t14-,18+/m1/s1. The van der Waals surface area contributed by atoms with Crippen LogP contribution in [0.25, 0.3) is 6.08 Å². The zero-order valence-electron chi connectivity index (χ0n) is 13.2. The lowest BCUT2D eigenvalue weighted by Crippen LogP contribution is -2.42. The van der Waals surface area contributed by atoms with E-state index >= 15 is 0 Å². The van der Waals surface area contributed by atoms with Gasteiger partial charge in [-0.15, -0.1) is 0 Å². The molecule has 2 aliphatic carbocycles. The van der Waals surface area contributed by atoms with E-state index in [1.54, 1.807) is 0 Å². The smallest absolute Gasteiger partial charge is 0.208 e. The summed E-state index contributed by atoms with van der Waals surface area (Å²) in [5.74, 6) is 0.486. The molecule has 0 spiro atoms. The van der Waals surface area contributed by atoms with E-state index in [9.17, 15) is 8.42 Å². The van der Waals surface area contributed by atoms with Gasteiger partial charge in [0.2, 0.25) is 10.0 Å². The van der Waals surface area contributed by atoms with Crippen molar-refractivity contribution in [3.8, 4) is 0 Å². The fourth-order valence-corrected chi connectivity index (χ4v) is 5.26. The second-order valence-corrected chi connectivity index (χ2v) is 8.26. The summed E-state index contributed by atoms with van der Waals surface area (Å²) in [6, 6.07) is 8.17. The maximum absolute atomic E-state index is 12.7. The number of benzene rings is 1. The number of nitrogens with one attached hydrogen (secondary N) is 1. The molecule has 0 radical (unpaired) electrons. The SMILES string of the molecule is CC[C@@H]1CCCC[C@@H]1NS(=O)(=O)C1=Cc2ccccc2CC1. The highest BCUT2D eigenvalue weighted by atomic mass is 32.2. The van der Waals surface area contributed by atoms with Gasteiger partial charge in [0.15, 0.2) is 0 Å². The molecule has 0 aliphatic heterocycles. The minimum atomic E-state index is -3.36. The zero-order chi connectivity index (χ0) is 15.6. The number of aryl methyl sites for hydroxylation is 1. The first-order valence-corrected chi connectivity index (χ1v) is 9.89. The third-order valence-corrected chi connectivity index (χ3v) is 6.72. The first-order valence-electron chi connectivity index (χ1n) is 8.41. The zero-order valence-corrected chi connectivity index (χ0v) is 14.0. The van der Waals surface area contributed by atoms with Gasteiger partial charge in [-0.25, -0.2) is 13.1 Å². The molecular weight excluding hydrogens is 294 g/mol. The highest BCUT2D eigenvalue weighted by Crippen LogP contribution is 2.30. The summed E-state index contributed by atoms with van der Waals surface area (Å²) in [6.07, 6.45) is 8.80. The van der Waals surface area contributed by atoms with E-state index in [1.165, 1.54) is 12.0 Å². The molecule has 3 rings (SSSR count). The van der Waals surface area contributed by atoms with Gasteiger partial charge in [-0.05, 0) is 48.8 Å². The molecule has 4 heteroatoms. The number of rotatable bonds is 4. The van der Waals surface area contributed by atoms with E-state index in [0.717, 1.165) is 37.7 Å². The van der Waals surface area contributed by atoms with Crippen LogP contribution < -0.4 is 4.72 Å². The minimum absolute atomic E-state index is 0.113. The van der Waals surface area contributed by atoms with Crippen molar-refractivity contribution >= 4 is 16.1 Å². The number of sulfonamides is 1. The van der Waals surface area contributed by atoms with Crippen LogP contribution in [0, 0.1) is 5.92 Å². The highest BCUT2D eigenvalue weighted by Gasteiger charge is 2.30. The molecule has 2 atom stereocenters. The summed E-state index contributed by atoms with van der Waals surface area (Å²) < 4.78 is 28.5. The van der Waals surface area contributed by atoms with E-state index in [0.29, 0.717) is 17.2 Å². The number of allylic oxidation sites excluding steroid dienone is 1. The predicted molar refractivity (Wildman–Crippen MR) is 90.8 cm³/mol. The Labute approximate surface area is 133 Å². The predicted octanol–water partition coefficient (Wildman–Crippen LogP) is 3.86. The summed E-state index contributed by atoms with van der Waals surface area (Å²) >= 11 is 0. The lowest BCUT2D eigenvalue weighted by atomic mass is 9.83. The van der Waals surface area contributed by atoms with Crippen LogP contribution in [-0.2, 0) is 16.4 Å². The number of hydrogen-bond acceptors (Lipinski definition) is 2. The second kappa shape index (κ2) is 6.55. The molecule has 0 amide bonds. The van der Waals surface area contributed by atoms with Gasteiger partial charge in [-0.1, -0.05) is 50.5 Å². The molecule has 1 aromatic rings. The van der Waals surface area contributed by atoms with Gasteiger partial charge < -0.3 is 0 Å². The number of hydrogen-bond donors (Lipinski definition) is 1. The molecule has 1 N–H and O–H groups in total. The fourth-order valence-electron chi connectivity index (χ4n) is 3.74. The average Bonchev–Trinajstić information content (AvgIpc) is 2.54. The minimum Gasteiger partial charge on any atom is -0.208 e. The molecule has 120 valence electrons. The Morgan fingerprint density at radius 3 is 2.73 bits per heavy atom. The Morgan fingerprint density at radius 1 is 1.14 bits per heavy atom. The van der Waals surface area contributed by atoms with E-state index in [-0.39, 0.29) is 6.04 Å². The lowest BCUT2D eigenvalue weighted by Gasteiger charge is -2.31. The summed E-state index contributed by atoms with van der Waals surface area (Å²) in [4.78, 5) is 0.548. The number of fused-ring (bicyclic) bond motifs is 1. The molecule has 0 bridgehead atoms. The van der Waals surface area contributed by atoms with Crippen LogP contribution in [0.1, 0.15) is 56.6 Å². The van der Waals surface area contributed by atoms with Crippen molar-refractivity contribution < 1.29 is 8.42 Å². The van der Waals surface area contributed by atoms with Crippen LogP contribution >= 0.6 is 0 Å². The van der Waals surface area contributed by atoms with Gasteiger partial charge >= 0.3 is 0 Å². The topological polar surface area (TPSA) is 46.2 Å². The Morgan fingerprint density at radius 2 is 1.91 bits per heavy atom. The molecule has 1 saturated carbocycles. The van der Waals surface area contributed by atoms with Crippen LogP contribution in [0.3, 0.4) is 0 Å². The molecule has 1 fully saturated rings. The van der Waals surface area contributed by atoms with Crippen molar-refractivity contribution in [2.24, 2.45) is 5.92 Å². The van der Waals surface area contributed by atoms with Crippen LogP contribution in [0.2, 0.25) is 0 Å². The van der Waals surface area contributed by atoms with Gasteiger partial charge in [0.25, 0.3) is 0 Å². The maximum atomic E-state index is 12.7. The van der Waals surface area contributed by atoms with Gasteiger partial charge in [0.1, 0.15) is 0 Å². The molecule has 0 heterocycles. The van der Waals surface area contributed by atoms with Gasteiger partial charge in [-0.3, -0.25) is 0 Å². The van der Waals surface area contributed by atoms with Gasteiger partial charge in [0, 0.05) is 6.04 Å². The quantitative estimate of drug-likeness (QED) is 0.916. The fraction of sp³-hybridized carbons (Fsp3) is 0.556. The molecular formula is C18H25NO2S. The van der Waals surface area contributed by atoms with E-state index in [1.807, 2.05) is 24.3 Å². The van der Waals surface area contributed by atoms with Crippen LogP contribution in [0.4, 0.5) is 0 Å². The van der Waals surface area contributed by atoms with Gasteiger partial charge in [0.05, 0.1) is 4.91 Å². The summed E-state index contributed by atoms with van der Waals surface area (Å²) in [5.41, 5.74) is 2.29. The van der Waals surface area contributed by atoms with Crippen LogP contribution in [0.15, 0.2) is 29.2 Å². The van der Waals surface area contributed by atoms with Crippen molar-refractivity contribution in [2.45, 2.75) is 57.9 Å². The van der Waals surface area contributed by atoms with Crippen molar-refractivity contribution in [3.05, 3.63) is 40.3 Å². The summed E-state index contributed by atoms with van der Waals surface area (Å²) in [6.45, 7) is 2.16. The van der Waals surface area contributed by atoms with E-state index in [4.69, 9.17) is 0 Å². The second-order valence-electron chi connectivity index (χ2n) is 6.49. The molecule has 22 heavy (non-hydrogen) atoms. The first-order chi connectivity index (χ1) is 10.6. The maximum Gasteiger partial charge on any atom is 0.236 e.